The van der Waals surface area contributed by atoms with Crippen molar-refractivity contribution in [3.8, 4) is 0 Å². The second-order valence-corrected chi connectivity index (χ2v) is 4.69. The molecule has 1 amide bonds. The van der Waals surface area contributed by atoms with E-state index in [0.29, 0.717) is 17.9 Å². The number of carbonyl (C=O) groups is 1. The Labute approximate surface area is 111 Å². The van der Waals surface area contributed by atoms with E-state index in [4.69, 9.17) is 4.74 Å². The number of aromatic nitrogens is 2. The van der Waals surface area contributed by atoms with Crippen LogP contribution in [0.25, 0.3) is 0 Å². The van der Waals surface area contributed by atoms with Gasteiger partial charge in [0.2, 0.25) is 0 Å². The molecule has 1 atom stereocenters. The summed E-state index contributed by atoms with van der Waals surface area (Å²) < 4.78 is 8.72. The van der Waals surface area contributed by atoms with E-state index in [-0.39, 0.29) is 18.6 Å². The van der Waals surface area contributed by atoms with Crippen molar-refractivity contribution in [1.29, 1.82) is 0 Å². The molecule has 0 aliphatic rings. The molecule has 102 valence electrons. The van der Waals surface area contributed by atoms with Crippen molar-refractivity contribution in [2.45, 2.75) is 32.2 Å². The Kier molecular flexibility index (Phi) is 6.77. The van der Waals surface area contributed by atoms with Crippen molar-refractivity contribution in [1.82, 2.24) is 14.9 Å². The molecule has 0 saturated heterocycles. The number of carbonyl (C=O) groups excluding carboxylic acids is 1. The minimum atomic E-state index is -0.297. The Bertz CT molecular complexity index is 370. The summed E-state index contributed by atoms with van der Waals surface area (Å²) in [5.74, 6) is -0.219. The highest BCUT2D eigenvalue weighted by molar-refractivity contribution is 7.08. The van der Waals surface area contributed by atoms with Gasteiger partial charge in [-0.25, -0.2) is 0 Å². The molecular weight excluding hydrogens is 254 g/mol. The number of methoxy groups -OCH3 is 1. The SMILES string of the molecule is CCCc1nnsc1C(=O)NC(CO)CCOC. The van der Waals surface area contributed by atoms with Crippen molar-refractivity contribution >= 4 is 17.4 Å². The van der Waals surface area contributed by atoms with Crippen LogP contribution in [0, 0.1) is 0 Å². The zero-order valence-electron chi connectivity index (χ0n) is 10.7. The number of ether oxygens (including phenoxy) is 1. The lowest BCUT2D eigenvalue weighted by atomic mass is 10.2. The fourth-order valence-electron chi connectivity index (χ4n) is 1.50. The molecule has 0 spiro atoms. The third kappa shape index (κ3) is 4.32. The first-order valence-electron chi connectivity index (χ1n) is 5.94. The van der Waals surface area contributed by atoms with Crippen LogP contribution in [0.15, 0.2) is 0 Å². The Morgan fingerprint density at radius 3 is 3.00 bits per heavy atom. The predicted octanol–water partition coefficient (Wildman–Crippen LogP) is 0.618. The van der Waals surface area contributed by atoms with E-state index in [0.717, 1.165) is 30.1 Å². The predicted molar refractivity (Wildman–Crippen MR) is 68.7 cm³/mol. The number of aryl methyl sites for hydroxylation is 1. The van der Waals surface area contributed by atoms with Crippen LogP contribution >= 0.6 is 11.5 Å². The maximum Gasteiger partial charge on any atom is 0.265 e. The lowest BCUT2D eigenvalue weighted by Crippen LogP contribution is -2.38. The summed E-state index contributed by atoms with van der Waals surface area (Å²) in [6, 6.07) is -0.297. The summed E-state index contributed by atoms with van der Waals surface area (Å²) in [6.45, 7) is 2.41. The number of nitrogens with one attached hydrogen (secondary N) is 1. The number of rotatable bonds is 8. The van der Waals surface area contributed by atoms with Gasteiger partial charge in [-0.3, -0.25) is 4.79 Å². The summed E-state index contributed by atoms with van der Waals surface area (Å²) >= 11 is 1.09. The van der Waals surface area contributed by atoms with Gasteiger partial charge < -0.3 is 15.2 Å². The van der Waals surface area contributed by atoms with E-state index in [1.807, 2.05) is 6.92 Å². The zero-order chi connectivity index (χ0) is 13.4. The fraction of sp³-hybridized carbons (Fsp3) is 0.727. The van der Waals surface area contributed by atoms with E-state index in [1.54, 1.807) is 7.11 Å². The minimum absolute atomic E-state index is 0.107. The van der Waals surface area contributed by atoms with E-state index in [9.17, 15) is 9.90 Å². The normalized spacial score (nSPS) is 12.4. The Balaban J connectivity index is 2.59. The first-order valence-corrected chi connectivity index (χ1v) is 6.72. The van der Waals surface area contributed by atoms with Gasteiger partial charge in [-0.1, -0.05) is 17.8 Å². The molecule has 0 saturated carbocycles. The van der Waals surface area contributed by atoms with Gasteiger partial charge in [0, 0.05) is 13.7 Å². The van der Waals surface area contributed by atoms with Gasteiger partial charge in [0.1, 0.15) is 4.88 Å². The Morgan fingerprint density at radius 1 is 1.61 bits per heavy atom. The zero-order valence-corrected chi connectivity index (χ0v) is 11.5. The van der Waals surface area contributed by atoms with Gasteiger partial charge in [-0.15, -0.1) is 5.10 Å². The molecule has 1 rings (SSSR count). The number of nitrogens with zero attached hydrogens (tertiary/aromatic N) is 2. The van der Waals surface area contributed by atoms with Gasteiger partial charge in [-0.2, -0.15) is 0 Å². The highest BCUT2D eigenvalue weighted by Crippen LogP contribution is 2.12. The Morgan fingerprint density at radius 2 is 2.39 bits per heavy atom. The van der Waals surface area contributed by atoms with E-state index in [1.165, 1.54) is 0 Å². The molecule has 0 radical (unpaired) electrons. The van der Waals surface area contributed by atoms with Gasteiger partial charge >= 0.3 is 0 Å². The van der Waals surface area contributed by atoms with Crippen LogP contribution in [-0.2, 0) is 11.2 Å². The lowest BCUT2D eigenvalue weighted by molar-refractivity contribution is 0.0897. The number of aliphatic hydroxyl groups is 1. The van der Waals surface area contributed by atoms with E-state index in [2.05, 4.69) is 14.9 Å². The van der Waals surface area contributed by atoms with Gasteiger partial charge in [0.15, 0.2) is 0 Å². The van der Waals surface area contributed by atoms with Crippen LogP contribution in [-0.4, -0.2) is 47.0 Å². The van der Waals surface area contributed by atoms with Crippen molar-refractivity contribution in [3.05, 3.63) is 10.6 Å². The van der Waals surface area contributed by atoms with Crippen molar-refractivity contribution in [2.75, 3.05) is 20.3 Å². The lowest BCUT2D eigenvalue weighted by Gasteiger charge is -2.15. The topological polar surface area (TPSA) is 84.3 Å². The molecule has 1 unspecified atom stereocenters. The molecule has 7 heteroatoms. The minimum Gasteiger partial charge on any atom is -0.394 e. The monoisotopic (exact) mass is 273 g/mol. The maximum absolute atomic E-state index is 12.0. The van der Waals surface area contributed by atoms with Crippen LogP contribution in [0.1, 0.15) is 35.1 Å². The van der Waals surface area contributed by atoms with Gasteiger partial charge in [0.25, 0.3) is 5.91 Å². The third-order valence-corrected chi connectivity index (χ3v) is 3.24. The Hall–Kier alpha value is -1.05. The van der Waals surface area contributed by atoms with E-state index < -0.39 is 0 Å². The maximum atomic E-state index is 12.0. The summed E-state index contributed by atoms with van der Waals surface area (Å²) in [6.07, 6.45) is 2.23. The second-order valence-electron chi connectivity index (χ2n) is 3.93. The molecule has 0 bridgehead atoms. The number of hydrogen-bond acceptors (Lipinski definition) is 6. The summed E-state index contributed by atoms with van der Waals surface area (Å²) in [7, 11) is 1.59. The number of amides is 1. The number of aliphatic hydroxyl groups excluding tert-OH is 1. The van der Waals surface area contributed by atoms with Gasteiger partial charge in [-0.05, 0) is 24.4 Å². The molecule has 0 aromatic carbocycles. The van der Waals surface area contributed by atoms with Crippen LogP contribution in [0.3, 0.4) is 0 Å². The van der Waals surface area contributed by atoms with Crippen LogP contribution < -0.4 is 5.32 Å². The van der Waals surface area contributed by atoms with Crippen molar-refractivity contribution < 1.29 is 14.6 Å². The molecule has 0 aliphatic carbocycles. The van der Waals surface area contributed by atoms with E-state index >= 15 is 0 Å². The van der Waals surface area contributed by atoms with Crippen LogP contribution in [0.2, 0.25) is 0 Å². The van der Waals surface area contributed by atoms with Crippen LogP contribution in [0.5, 0.6) is 0 Å². The molecule has 6 nitrogen and oxygen atoms in total. The van der Waals surface area contributed by atoms with Gasteiger partial charge in [0.05, 0.1) is 18.3 Å². The highest BCUT2D eigenvalue weighted by Gasteiger charge is 2.18. The largest absolute Gasteiger partial charge is 0.394 e. The molecule has 1 aromatic rings. The highest BCUT2D eigenvalue weighted by atomic mass is 32.1. The quantitative estimate of drug-likeness (QED) is 0.725. The summed E-state index contributed by atoms with van der Waals surface area (Å²) in [5.41, 5.74) is 0.725. The molecule has 2 N–H and O–H groups in total. The first-order chi connectivity index (χ1) is 8.72. The molecule has 18 heavy (non-hydrogen) atoms. The second kappa shape index (κ2) is 8.12. The summed E-state index contributed by atoms with van der Waals surface area (Å²) in [4.78, 5) is 12.5. The van der Waals surface area contributed by atoms with Crippen molar-refractivity contribution in [3.63, 3.8) is 0 Å². The third-order valence-electron chi connectivity index (χ3n) is 2.47. The standard InChI is InChI=1S/C11H19N3O3S/c1-3-4-9-10(18-14-13-9)11(16)12-8(7-15)5-6-17-2/h8,15H,3-7H2,1-2H3,(H,12,16). The smallest absolute Gasteiger partial charge is 0.265 e. The number of hydrogen-bond donors (Lipinski definition) is 2. The van der Waals surface area contributed by atoms with Crippen molar-refractivity contribution in [2.24, 2.45) is 0 Å². The summed E-state index contributed by atoms with van der Waals surface area (Å²) in [5, 5.41) is 15.9. The first kappa shape index (κ1) is 15.0. The molecular formula is C11H19N3O3S. The fourth-order valence-corrected chi connectivity index (χ4v) is 2.11. The molecule has 0 fully saturated rings. The molecule has 1 aromatic heterocycles. The van der Waals surface area contributed by atoms with Crippen LogP contribution in [0.4, 0.5) is 0 Å². The molecule has 1 heterocycles. The average Bonchev–Trinajstić information content (AvgIpc) is 2.83. The molecule has 0 aliphatic heterocycles. The average molecular weight is 273 g/mol.